The minimum atomic E-state index is -5.08. The standard InChI is InChI=1S/C20H28FN3O2.C2HF3O2/c1-23-10-16(11-26-12-18-4-2-3-6-22-18)20(13-23)5-7-24(14-20)19(25)15-8-17(21)9-15;3-2(4,5)1(6)7/h2-4,6,15-17H,5,7-14H2,1H3;(H,6,7)/t15?,16-,17?,20+;/m0./s1. The second-order valence-corrected chi connectivity index (χ2v) is 9.17. The van der Waals surface area contributed by atoms with E-state index in [1.54, 1.807) is 6.20 Å². The van der Waals surface area contributed by atoms with Crippen LogP contribution < -0.4 is 0 Å². The fourth-order valence-corrected chi connectivity index (χ4v) is 4.87. The number of alkyl halides is 4. The molecule has 7 nitrogen and oxygen atoms in total. The number of nitrogens with zero attached hydrogens (tertiary/aromatic N) is 3. The number of amides is 1. The van der Waals surface area contributed by atoms with Gasteiger partial charge in [0.1, 0.15) is 6.17 Å². The van der Waals surface area contributed by atoms with Gasteiger partial charge >= 0.3 is 12.1 Å². The number of halogens is 4. The van der Waals surface area contributed by atoms with Crippen LogP contribution >= 0.6 is 0 Å². The predicted octanol–water partition coefficient (Wildman–Crippen LogP) is 2.76. The summed E-state index contributed by atoms with van der Waals surface area (Å²) in [7, 11) is 2.14. The number of likely N-dealkylation sites (tertiary alicyclic amines) is 2. The first-order valence-corrected chi connectivity index (χ1v) is 10.9. The van der Waals surface area contributed by atoms with Crippen molar-refractivity contribution < 1.29 is 37.0 Å². The van der Waals surface area contributed by atoms with Gasteiger partial charge in [-0.05, 0) is 38.4 Å². The molecule has 0 unspecified atom stereocenters. The highest BCUT2D eigenvalue weighted by Crippen LogP contribution is 2.45. The lowest BCUT2D eigenvalue weighted by Gasteiger charge is -2.34. The largest absolute Gasteiger partial charge is 0.490 e. The average molecular weight is 475 g/mol. The van der Waals surface area contributed by atoms with Crippen molar-refractivity contribution in [3.63, 3.8) is 0 Å². The monoisotopic (exact) mass is 475 g/mol. The third kappa shape index (κ3) is 6.41. The Bertz CT molecular complexity index is 820. The van der Waals surface area contributed by atoms with Crippen LogP contribution in [0.3, 0.4) is 0 Å². The molecule has 11 heteroatoms. The topological polar surface area (TPSA) is 83.0 Å². The van der Waals surface area contributed by atoms with Crippen molar-refractivity contribution in [2.75, 3.05) is 39.8 Å². The minimum Gasteiger partial charge on any atom is -0.475 e. The van der Waals surface area contributed by atoms with Crippen LogP contribution in [0, 0.1) is 17.3 Å². The number of carbonyl (C=O) groups is 2. The molecule has 0 aromatic carbocycles. The molecule has 0 radical (unpaired) electrons. The first kappa shape index (κ1) is 25.4. The van der Waals surface area contributed by atoms with Gasteiger partial charge in [-0.15, -0.1) is 0 Å². The average Bonchev–Trinajstić information content (AvgIpc) is 3.29. The van der Waals surface area contributed by atoms with Crippen LogP contribution in [0.25, 0.3) is 0 Å². The van der Waals surface area contributed by atoms with Crippen LogP contribution in [-0.4, -0.2) is 83.9 Å². The van der Waals surface area contributed by atoms with Gasteiger partial charge in [-0.2, -0.15) is 13.2 Å². The van der Waals surface area contributed by atoms with E-state index in [0.717, 1.165) is 38.3 Å². The molecule has 3 aliphatic rings. The molecule has 33 heavy (non-hydrogen) atoms. The summed E-state index contributed by atoms with van der Waals surface area (Å²) in [5, 5.41) is 7.12. The van der Waals surface area contributed by atoms with Crippen molar-refractivity contribution in [3.05, 3.63) is 30.1 Å². The van der Waals surface area contributed by atoms with Gasteiger partial charge in [-0.1, -0.05) is 6.07 Å². The summed E-state index contributed by atoms with van der Waals surface area (Å²) in [6, 6.07) is 5.85. The molecule has 1 amide bonds. The molecular weight excluding hydrogens is 446 g/mol. The maximum absolute atomic E-state index is 13.1. The number of aromatic nitrogens is 1. The first-order chi connectivity index (χ1) is 15.5. The zero-order chi connectivity index (χ0) is 24.2. The summed E-state index contributed by atoms with van der Waals surface area (Å²) in [4.78, 5) is 30.1. The zero-order valence-electron chi connectivity index (χ0n) is 18.4. The molecule has 2 aliphatic heterocycles. The number of rotatable bonds is 5. The number of aliphatic carboxylic acids is 1. The van der Waals surface area contributed by atoms with E-state index in [9.17, 15) is 22.4 Å². The number of carbonyl (C=O) groups excluding carboxylic acids is 1. The Morgan fingerprint density at radius 1 is 1.27 bits per heavy atom. The van der Waals surface area contributed by atoms with Gasteiger partial charge in [-0.25, -0.2) is 9.18 Å². The minimum absolute atomic E-state index is 0.0851. The first-order valence-electron chi connectivity index (χ1n) is 10.9. The van der Waals surface area contributed by atoms with Crippen molar-refractivity contribution in [1.29, 1.82) is 0 Å². The van der Waals surface area contributed by atoms with Crippen molar-refractivity contribution in [2.45, 2.75) is 38.2 Å². The Labute approximate surface area is 189 Å². The summed E-state index contributed by atoms with van der Waals surface area (Å²) in [5.41, 5.74) is 1.06. The van der Waals surface area contributed by atoms with Gasteiger partial charge in [-0.3, -0.25) is 9.78 Å². The lowest BCUT2D eigenvalue weighted by atomic mass is 9.77. The third-order valence-corrected chi connectivity index (χ3v) is 6.65. The molecule has 1 saturated carbocycles. The highest BCUT2D eigenvalue weighted by atomic mass is 19.4. The number of carboxylic acids is 1. The van der Waals surface area contributed by atoms with E-state index < -0.39 is 18.3 Å². The SMILES string of the molecule is CN1C[C@@H](COCc2ccccn2)[C@]2(CCN(C(=O)C3CC(F)C3)C2)C1.O=C(O)C(F)(F)F. The molecule has 1 spiro atoms. The van der Waals surface area contributed by atoms with E-state index in [4.69, 9.17) is 14.6 Å². The van der Waals surface area contributed by atoms with E-state index in [1.807, 2.05) is 23.1 Å². The normalized spacial score (nSPS) is 29.5. The maximum atomic E-state index is 13.1. The Hall–Kier alpha value is -2.27. The van der Waals surface area contributed by atoms with E-state index in [2.05, 4.69) is 16.9 Å². The molecular formula is C22H29F4N3O4. The van der Waals surface area contributed by atoms with Crippen LogP contribution in [0.5, 0.6) is 0 Å². The van der Waals surface area contributed by atoms with Crippen LogP contribution in [0.15, 0.2) is 24.4 Å². The molecule has 2 atom stereocenters. The van der Waals surface area contributed by atoms with Gasteiger partial charge in [0.15, 0.2) is 0 Å². The number of hydrogen-bond donors (Lipinski definition) is 1. The lowest BCUT2D eigenvalue weighted by Crippen LogP contribution is -2.44. The van der Waals surface area contributed by atoms with E-state index in [-0.39, 0.29) is 17.2 Å². The molecule has 3 heterocycles. The fraction of sp³-hybridized carbons (Fsp3) is 0.682. The van der Waals surface area contributed by atoms with Crippen LogP contribution in [0.1, 0.15) is 25.0 Å². The van der Waals surface area contributed by atoms with Gasteiger partial charge in [0.2, 0.25) is 5.91 Å². The predicted molar refractivity (Wildman–Crippen MR) is 110 cm³/mol. The zero-order valence-corrected chi connectivity index (χ0v) is 18.4. The summed E-state index contributed by atoms with van der Waals surface area (Å²) < 4.78 is 50.8. The van der Waals surface area contributed by atoms with Crippen molar-refractivity contribution in [2.24, 2.45) is 17.3 Å². The molecule has 4 rings (SSSR count). The van der Waals surface area contributed by atoms with Gasteiger partial charge in [0.25, 0.3) is 0 Å². The van der Waals surface area contributed by atoms with Crippen LogP contribution in [0.2, 0.25) is 0 Å². The fourth-order valence-electron chi connectivity index (χ4n) is 4.87. The maximum Gasteiger partial charge on any atom is 0.490 e. The van der Waals surface area contributed by atoms with Gasteiger partial charge < -0.3 is 19.6 Å². The van der Waals surface area contributed by atoms with E-state index >= 15 is 0 Å². The summed E-state index contributed by atoms with van der Waals surface area (Å²) >= 11 is 0. The van der Waals surface area contributed by atoms with Gasteiger partial charge in [0, 0.05) is 49.6 Å². The molecule has 2 saturated heterocycles. The highest BCUT2D eigenvalue weighted by Gasteiger charge is 2.51. The molecule has 1 N–H and O–H groups in total. The molecule has 1 aliphatic carbocycles. The second kappa shape index (κ2) is 10.3. The van der Waals surface area contributed by atoms with Gasteiger partial charge in [0.05, 0.1) is 18.9 Å². The molecule has 3 fully saturated rings. The summed E-state index contributed by atoms with van der Waals surface area (Å²) in [6.07, 6.45) is -2.22. The number of hydrogen-bond acceptors (Lipinski definition) is 5. The Morgan fingerprint density at radius 2 is 1.97 bits per heavy atom. The van der Waals surface area contributed by atoms with E-state index in [0.29, 0.717) is 32.0 Å². The molecule has 1 aromatic heterocycles. The van der Waals surface area contributed by atoms with E-state index in [1.165, 1.54) is 0 Å². The summed E-state index contributed by atoms with van der Waals surface area (Å²) in [5.74, 6) is -2.26. The van der Waals surface area contributed by atoms with Crippen LogP contribution in [0.4, 0.5) is 17.6 Å². The lowest BCUT2D eigenvalue weighted by molar-refractivity contribution is -0.192. The van der Waals surface area contributed by atoms with Crippen molar-refractivity contribution in [3.8, 4) is 0 Å². The smallest absolute Gasteiger partial charge is 0.475 e. The Kier molecular flexibility index (Phi) is 7.94. The Morgan fingerprint density at radius 3 is 2.55 bits per heavy atom. The Balaban J connectivity index is 0.000000383. The van der Waals surface area contributed by atoms with Crippen molar-refractivity contribution in [1.82, 2.24) is 14.8 Å². The number of ether oxygens (including phenoxy) is 1. The highest BCUT2D eigenvalue weighted by molar-refractivity contribution is 5.80. The summed E-state index contributed by atoms with van der Waals surface area (Å²) in [6.45, 7) is 4.82. The molecule has 184 valence electrons. The van der Waals surface area contributed by atoms with Crippen molar-refractivity contribution >= 4 is 11.9 Å². The quantitative estimate of drug-likeness (QED) is 0.660. The molecule has 0 bridgehead atoms. The van der Waals surface area contributed by atoms with Crippen LogP contribution in [-0.2, 0) is 20.9 Å². The number of carboxylic acid groups (broad SMARTS) is 1. The number of pyridine rings is 1. The molecule has 1 aromatic rings. The third-order valence-electron chi connectivity index (χ3n) is 6.65. The second-order valence-electron chi connectivity index (χ2n) is 9.17.